The van der Waals surface area contributed by atoms with E-state index < -0.39 is 5.91 Å². The monoisotopic (exact) mass is 406 g/mol. The number of nitrogens with one attached hydrogen (secondary N) is 3. The molecular formula is C20H22N8O2. The summed E-state index contributed by atoms with van der Waals surface area (Å²) in [6.07, 6.45) is 6.26. The van der Waals surface area contributed by atoms with Crippen molar-refractivity contribution in [3.63, 3.8) is 0 Å². The Morgan fingerprint density at radius 1 is 1.27 bits per heavy atom. The second-order valence-electron chi connectivity index (χ2n) is 6.50. The Morgan fingerprint density at radius 2 is 2.10 bits per heavy atom. The van der Waals surface area contributed by atoms with Gasteiger partial charge in [-0.05, 0) is 38.1 Å². The van der Waals surface area contributed by atoms with Crippen LogP contribution in [0.15, 0.2) is 60.8 Å². The average molecular weight is 406 g/mol. The Labute approximate surface area is 173 Å². The minimum atomic E-state index is -0.548. The number of pyridine rings is 2. The molecule has 0 aliphatic rings. The molecule has 0 aliphatic carbocycles. The van der Waals surface area contributed by atoms with Crippen LogP contribution < -0.4 is 10.6 Å². The number of methoxy groups -OCH3 is 1. The van der Waals surface area contributed by atoms with E-state index in [1.807, 2.05) is 18.4 Å². The second-order valence-corrected chi connectivity index (χ2v) is 6.50. The second kappa shape index (κ2) is 9.41. The van der Waals surface area contributed by atoms with Crippen LogP contribution in [-0.4, -0.2) is 43.6 Å². The number of rotatable bonds is 7. The molecule has 30 heavy (non-hydrogen) atoms. The van der Waals surface area contributed by atoms with Gasteiger partial charge >= 0.3 is 0 Å². The van der Waals surface area contributed by atoms with Crippen molar-refractivity contribution in [2.45, 2.75) is 19.9 Å². The van der Waals surface area contributed by atoms with E-state index in [4.69, 9.17) is 10.1 Å². The van der Waals surface area contributed by atoms with Crippen molar-refractivity contribution in [3.8, 4) is 11.5 Å². The van der Waals surface area contributed by atoms with Crippen LogP contribution in [0.25, 0.3) is 11.5 Å². The van der Waals surface area contributed by atoms with Gasteiger partial charge in [0.1, 0.15) is 23.4 Å². The lowest BCUT2D eigenvalue weighted by atomic mass is 10.2. The smallest absolute Gasteiger partial charge is 0.263 e. The Kier molecular flexibility index (Phi) is 6.48. The third-order valence-electron chi connectivity index (χ3n) is 4.09. The van der Waals surface area contributed by atoms with Crippen LogP contribution in [0.3, 0.4) is 0 Å². The van der Waals surface area contributed by atoms with Crippen LogP contribution in [-0.2, 0) is 9.53 Å². The molecule has 3 aromatic rings. The maximum absolute atomic E-state index is 12.8. The van der Waals surface area contributed by atoms with E-state index in [-0.39, 0.29) is 17.5 Å². The molecule has 0 atom stereocenters. The Balaban J connectivity index is 1.82. The van der Waals surface area contributed by atoms with Crippen LogP contribution in [0.4, 0.5) is 11.5 Å². The van der Waals surface area contributed by atoms with Gasteiger partial charge in [0.25, 0.3) is 5.91 Å². The topological polar surface area (TPSA) is 131 Å². The van der Waals surface area contributed by atoms with Crippen molar-refractivity contribution in [1.82, 2.24) is 24.7 Å². The third-order valence-corrected chi connectivity index (χ3v) is 4.09. The van der Waals surface area contributed by atoms with E-state index in [0.717, 1.165) is 0 Å². The van der Waals surface area contributed by atoms with Gasteiger partial charge in [-0.15, -0.1) is 10.2 Å². The summed E-state index contributed by atoms with van der Waals surface area (Å²) in [5, 5.41) is 21.6. The number of amides is 1. The number of anilines is 2. The first-order valence-electron chi connectivity index (χ1n) is 9.17. The Hall–Kier alpha value is -4.08. The summed E-state index contributed by atoms with van der Waals surface area (Å²) in [7, 11) is 1.32. The molecule has 3 heterocycles. The van der Waals surface area contributed by atoms with Gasteiger partial charge in [-0.1, -0.05) is 6.07 Å². The van der Waals surface area contributed by atoms with Crippen molar-refractivity contribution in [2.75, 3.05) is 17.7 Å². The summed E-state index contributed by atoms with van der Waals surface area (Å²) >= 11 is 0. The summed E-state index contributed by atoms with van der Waals surface area (Å²) in [6.45, 7) is 4.03. The van der Waals surface area contributed by atoms with Gasteiger partial charge in [0, 0.05) is 18.4 Å². The maximum Gasteiger partial charge on any atom is 0.263 e. The molecule has 0 aliphatic heterocycles. The average Bonchev–Trinajstić information content (AvgIpc) is 3.25. The predicted molar refractivity (Wildman–Crippen MR) is 113 cm³/mol. The van der Waals surface area contributed by atoms with Gasteiger partial charge in [-0.2, -0.15) is 0 Å². The van der Waals surface area contributed by atoms with Crippen molar-refractivity contribution in [3.05, 3.63) is 60.8 Å². The first kappa shape index (κ1) is 20.6. The highest BCUT2D eigenvalue weighted by molar-refractivity contribution is 6.21. The maximum atomic E-state index is 12.8. The molecule has 0 radical (unpaired) electrons. The van der Waals surface area contributed by atoms with Crippen LogP contribution >= 0.6 is 0 Å². The van der Waals surface area contributed by atoms with Crippen LogP contribution in [0.5, 0.6) is 0 Å². The Bertz CT molecular complexity index is 1060. The number of hydrogen-bond acceptors (Lipinski definition) is 8. The number of carbonyl (C=O) groups is 1. The zero-order valence-electron chi connectivity index (χ0n) is 16.8. The zero-order valence-corrected chi connectivity index (χ0v) is 16.8. The van der Waals surface area contributed by atoms with Gasteiger partial charge in [-0.25, -0.2) is 4.98 Å². The molecule has 0 bridgehead atoms. The largest absolute Gasteiger partial charge is 0.481 e. The summed E-state index contributed by atoms with van der Waals surface area (Å²) in [6, 6.07) is 8.89. The lowest BCUT2D eigenvalue weighted by molar-refractivity contribution is -0.112. The molecule has 0 saturated carbocycles. The number of aromatic nitrogens is 5. The lowest BCUT2D eigenvalue weighted by Gasteiger charge is -2.12. The molecular weight excluding hydrogens is 384 g/mol. The Morgan fingerprint density at radius 3 is 2.80 bits per heavy atom. The molecule has 1 amide bonds. The first-order valence-corrected chi connectivity index (χ1v) is 9.17. The molecule has 3 N–H and O–H groups in total. The summed E-state index contributed by atoms with van der Waals surface area (Å²) < 4.78 is 6.83. The molecule has 0 aromatic carbocycles. The van der Waals surface area contributed by atoms with Crippen molar-refractivity contribution in [2.24, 2.45) is 0 Å². The highest BCUT2D eigenvalue weighted by Crippen LogP contribution is 2.20. The fourth-order valence-electron chi connectivity index (χ4n) is 2.56. The standard InChI is InChI=1S/C20H22N8O2/c1-13(2)28-12-24-27-19(28)16-7-4-8-17(25-16)26-20(29)15(18(21)30-3)11-23-14-6-5-9-22-10-14/h4-13,21,23H,1-3H3,(H,25,26,29)/b15-11+,21-18?. The SMILES string of the molecule is COC(=N)/C(=C\Nc1cccnc1)C(=O)Nc1cccc(-c2nncn2C(C)C)n1. The van der Waals surface area contributed by atoms with Crippen LogP contribution in [0.1, 0.15) is 19.9 Å². The van der Waals surface area contributed by atoms with E-state index in [9.17, 15) is 4.79 Å². The first-order chi connectivity index (χ1) is 14.5. The van der Waals surface area contributed by atoms with Crippen molar-refractivity contribution in [1.29, 1.82) is 5.41 Å². The van der Waals surface area contributed by atoms with Crippen LogP contribution in [0, 0.1) is 5.41 Å². The minimum Gasteiger partial charge on any atom is -0.481 e. The summed E-state index contributed by atoms with van der Waals surface area (Å²) in [5.74, 6) is 0.0690. The molecule has 3 rings (SSSR count). The predicted octanol–water partition coefficient (Wildman–Crippen LogP) is 2.87. The van der Waals surface area contributed by atoms with Gasteiger partial charge in [0.15, 0.2) is 5.82 Å². The van der Waals surface area contributed by atoms with E-state index in [0.29, 0.717) is 23.0 Å². The van der Waals surface area contributed by atoms with Crippen molar-refractivity contribution >= 4 is 23.3 Å². The van der Waals surface area contributed by atoms with Gasteiger partial charge in [0.2, 0.25) is 5.90 Å². The number of ether oxygens (including phenoxy) is 1. The normalized spacial score (nSPS) is 11.3. The summed E-state index contributed by atoms with van der Waals surface area (Å²) in [5.41, 5.74) is 1.23. The quantitative estimate of drug-likeness (QED) is 0.312. The number of nitrogens with zero attached hydrogens (tertiary/aromatic N) is 5. The molecule has 10 nitrogen and oxygen atoms in total. The fourth-order valence-corrected chi connectivity index (χ4v) is 2.56. The van der Waals surface area contributed by atoms with Crippen LogP contribution in [0.2, 0.25) is 0 Å². The van der Waals surface area contributed by atoms with E-state index in [1.54, 1.807) is 49.1 Å². The van der Waals surface area contributed by atoms with E-state index >= 15 is 0 Å². The number of carbonyl (C=O) groups excluding carboxylic acids is 1. The molecule has 0 fully saturated rings. The molecule has 0 unspecified atom stereocenters. The zero-order chi connectivity index (χ0) is 21.5. The molecule has 3 aromatic heterocycles. The molecule has 0 spiro atoms. The summed E-state index contributed by atoms with van der Waals surface area (Å²) in [4.78, 5) is 21.2. The minimum absolute atomic E-state index is 0.00102. The van der Waals surface area contributed by atoms with Gasteiger partial charge in [-0.3, -0.25) is 15.2 Å². The molecule has 0 saturated heterocycles. The fraction of sp³-hybridized carbons (Fsp3) is 0.200. The van der Waals surface area contributed by atoms with Crippen molar-refractivity contribution < 1.29 is 9.53 Å². The van der Waals surface area contributed by atoms with Gasteiger partial charge in [0.05, 0.1) is 19.0 Å². The van der Waals surface area contributed by atoms with Gasteiger partial charge < -0.3 is 19.9 Å². The van der Waals surface area contributed by atoms with E-state index in [2.05, 4.69) is 30.8 Å². The highest BCUT2D eigenvalue weighted by atomic mass is 16.5. The lowest BCUT2D eigenvalue weighted by Crippen LogP contribution is -2.22. The highest BCUT2D eigenvalue weighted by Gasteiger charge is 2.18. The third kappa shape index (κ3) is 4.85. The van der Waals surface area contributed by atoms with E-state index in [1.165, 1.54) is 13.3 Å². The molecule has 10 heteroatoms. The molecule has 154 valence electrons. The number of hydrogen-bond donors (Lipinski definition) is 3.